The van der Waals surface area contributed by atoms with Gasteiger partial charge < -0.3 is 23.8 Å². The van der Waals surface area contributed by atoms with Crippen molar-refractivity contribution in [3.8, 4) is 5.75 Å². The second-order valence-corrected chi connectivity index (χ2v) is 7.83. The Morgan fingerprint density at radius 1 is 1.35 bits per heavy atom. The quantitative estimate of drug-likeness (QED) is 0.184. The third kappa shape index (κ3) is 6.34. The number of nitro benzene ring substituents is 1. The van der Waals surface area contributed by atoms with Crippen LogP contribution in [0.2, 0.25) is 0 Å². The molecule has 1 aliphatic heterocycles. The number of aromatic amines is 1. The van der Waals surface area contributed by atoms with E-state index in [1.165, 1.54) is 13.1 Å². The summed E-state index contributed by atoms with van der Waals surface area (Å²) in [5.41, 5.74) is -1.27. The Kier molecular flexibility index (Phi) is 8.36. The fourth-order valence-electron chi connectivity index (χ4n) is 2.78. The van der Waals surface area contributed by atoms with Gasteiger partial charge in [-0.3, -0.25) is 29.0 Å². The van der Waals surface area contributed by atoms with Gasteiger partial charge in [0.25, 0.3) is 11.2 Å². The number of benzene rings is 1. The molecule has 31 heavy (non-hydrogen) atoms. The first kappa shape index (κ1) is 25.4. The molecule has 0 bridgehead atoms. The van der Waals surface area contributed by atoms with Gasteiger partial charge in [-0.15, -0.1) is 0 Å². The first-order valence-corrected chi connectivity index (χ1v) is 10.1. The summed E-state index contributed by atoms with van der Waals surface area (Å²) in [5, 5.41) is 20.7. The van der Waals surface area contributed by atoms with Crippen molar-refractivity contribution in [3.05, 3.63) is 67.0 Å². The maximum absolute atomic E-state index is 12.0. The van der Waals surface area contributed by atoms with Crippen molar-refractivity contribution in [3.63, 3.8) is 0 Å². The standard InChI is InChI=1S/C16H18N3O10P.Na/c1-9-7-18(16(22)17-15(9)21)14-6-12(20)13(28-14)8-27-30(25,26)29-11-4-2-10(3-5-11)19(23)24;/h2-5,7,12-14,20H,6,8H2,1H3,(H,25,26)(H,17,21,22);/q;+1/p-1/t12-,13-,14-;/m1./s1. The van der Waals surface area contributed by atoms with E-state index in [-0.39, 0.29) is 53.0 Å². The van der Waals surface area contributed by atoms with Crippen molar-refractivity contribution >= 4 is 13.5 Å². The number of hydrogen-bond acceptors (Lipinski definition) is 10. The number of nitrogens with one attached hydrogen (secondary N) is 1. The number of aliphatic hydroxyl groups excluding tert-OH is 1. The molecule has 2 N–H and O–H groups in total. The number of ether oxygens (including phenoxy) is 1. The second kappa shape index (κ2) is 10.2. The minimum atomic E-state index is -4.87. The number of aromatic nitrogens is 2. The zero-order valence-corrected chi connectivity index (χ0v) is 19.4. The number of non-ortho nitro benzene ring substituents is 1. The zero-order valence-electron chi connectivity index (χ0n) is 16.5. The van der Waals surface area contributed by atoms with E-state index in [1.807, 2.05) is 0 Å². The van der Waals surface area contributed by atoms with Gasteiger partial charge in [-0.1, -0.05) is 0 Å². The molecule has 0 saturated carbocycles. The SMILES string of the molecule is Cc1cn([C@H]2C[C@@H](O)[C@@H](COP(=O)([O-])Oc3ccc([N+](=O)[O-])cc3)O2)c(=O)[nH]c1=O.[Na+]. The summed E-state index contributed by atoms with van der Waals surface area (Å²) in [5.74, 6) is -0.194. The summed E-state index contributed by atoms with van der Waals surface area (Å²) in [6, 6.07) is 4.31. The van der Waals surface area contributed by atoms with E-state index in [0.717, 1.165) is 28.8 Å². The molecule has 3 rings (SSSR count). The fraction of sp³-hybridized carbons (Fsp3) is 0.375. The summed E-state index contributed by atoms with van der Waals surface area (Å²) in [6.07, 6.45) is -1.92. The molecule has 1 aromatic heterocycles. The average molecular weight is 465 g/mol. The molecule has 0 aliphatic carbocycles. The van der Waals surface area contributed by atoms with E-state index in [4.69, 9.17) is 13.8 Å². The van der Waals surface area contributed by atoms with Crippen LogP contribution in [0.1, 0.15) is 18.2 Å². The Morgan fingerprint density at radius 2 is 2.00 bits per heavy atom. The van der Waals surface area contributed by atoms with Crippen LogP contribution in [-0.4, -0.2) is 38.4 Å². The summed E-state index contributed by atoms with van der Waals surface area (Å²) >= 11 is 0. The Morgan fingerprint density at radius 3 is 2.61 bits per heavy atom. The third-order valence-electron chi connectivity index (χ3n) is 4.32. The van der Waals surface area contributed by atoms with E-state index < -0.39 is 49.0 Å². The first-order valence-electron chi connectivity index (χ1n) is 8.61. The van der Waals surface area contributed by atoms with Crippen molar-refractivity contribution in [2.75, 3.05) is 6.61 Å². The maximum atomic E-state index is 12.0. The Hall–Kier alpha value is -1.83. The zero-order chi connectivity index (χ0) is 22.1. The van der Waals surface area contributed by atoms with E-state index in [2.05, 4.69) is 4.98 Å². The molecule has 0 amide bonds. The van der Waals surface area contributed by atoms with Gasteiger partial charge in [0.2, 0.25) is 0 Å². The number of phosphoric ester groups is 1. The molecule has 1 aromatic carbocycles. The number of phosphoric acid groups is 1. The van der Waals surface area contributed by atoms with E-state index in [0.29, 0.717) is 0 Å². The molecule has 13 nitrogen and oxygen atoms in total. The van der Waals surface area contributed by atoms with E-state index in [9.17, 15) is 34.3 Å². The van der Waals surface area contributed by atoms with Crippen molar-refractivity contribution in [2.45, 2.75) is 31.8 Å². The minimum absolute atomic E-state index is 0. The number of aliphatic hydroxyl groups is 1. The maximum Gasteiger partial charge on any atom is 1.00 e. The molecule has 1 fully saturated rings. The van der Waals surface area contributed by atoms with Crippen molar-refractivity contribution < 1.29 is 62.8 Å². The summed E-state index contributed by atoms with van der Waals surface area (Å²) in [7, 11) is -4.87. The van der Waals surface area contributed by atoms with Crippen LogP contribution in [0.3, 0.4) is 0 Å². The molecule has 2 heterocycles. The predicted molar refractivity (Wildman–Crippen MR) is 97.9 cm³/mol. The van der Waals surface area contributed by atoms with Crippen LogP contribution in [0.5, 0.6) is 5.75 Å². The van der Waals surface area contributed by atoms with E-state index in [1.54, 1.807) is 0 Å². The third-order valence-corrected chi connectivity index (χ3v) is 5.22. The van der Waals surface area contributed by atoms with Crippen LogP contribution in [0.25, 0.3) is 0 Å². The molecule has 1 unspecified atom stereocenters. The van der Waals surface area contributed by atoms with Crippen LogP contribution in [0, 0.1) is 17.0 Å². The molecular weight excluding hydrogens is 448 g/mol. The molecule has 4 atom stereocenters. The summed E-state index contributed by atoms with van der Waals surface area (Å²) in [4.78, 5) is 47.5. The fourth-order valence-corrected chi connectivity index (χ4v) is 3.55. The molecule has 2 aromatic rings. The second-order valence-electron chi connectivity index (χ2n) is 6.50. The first-order chi connectivity index (χ1) is 14.1. The predicted octanol–water partition coefficient (Wildman–Crippen LogP) is -3.03. The van der Waals surface area contributed by atoms with Gasteiger partial charge in [0.05, 0.1) is 17.6 Å². The van der Waals surface area contributed by atoms with Crippen molar-refractivity contribution in [1.82, 2.24) is 9.55 Å². The monoisotopic (exact) mass is 465 g/mol. The van der Waals surface area contributed by atoms with Gasteiger partial charge in [0.15, 0.2) is 0 Å². The van der Waals surface area contributed by atoms with Crippen molar-refractivity contribution in [2.24, 2.45) is 0 Å². The summed E-state index contributed by atoms with van der Waals surface area (Å²) in [6.45, 7) is 0.895. The largest absolute Gasteiger partial charge is 1.00 e. The molecule has 0 radical (unpaired) electrons. The van der Waals surface area contributed by atoms with Crippen LogP contribution < -0.4 is 50.2 Å². The minimum Gasteiger partial charge on any atom is -0.746 e. The van der Waals surface area contributed by atoms with Gasteiger partial charge in [0.1, 0.15) is 18.1 Å². The number of aryl methyl sites for hydroxylation is 1. The van der Waals surface area contributed by atoms with Gasteiger partial charge in [0, 0.05) is 30.3 Å². The number of nitro groups is 1. The van der Waals surface area contributed by atoms with Gasteiger partial charge in [-0.05, 0) is 19.1 Å². The van der Waals surface area contributed by atoms with Crippen molar-refractivity contribution in [1.29, 1.82) is 0 Å². The normalized spacial score (nSPS) is 22.4. The van der Waals surface area contributed by atoms with Crippen LogP contribution in [0.15, 0.2) is 40.1 Å². The van der Waals surface area contributed by atoms with Gasteiger partial charge >= 0.3 is 43.1 Å². The summed E-state index contributed by atoms with van der Waals surface area (Å²) < 4.78 is 28.0. The Bertz CT molecular complexity index is 1100. The number of nitrogens with zero attached hydrogens (tertiary/aromatic N) is 2. The smallest absolute Gasteiger partial charge is 0.746 e. The Balaban J connectivity index is 0.00000341. The Labute approximate surface area is 196 Å². The average Bonchev–Trinajstić information content (AvgIpc) is 3.03. The molecular formula is C16H17N3NaO10P. The van der Waals surface area contributed by atoms with E-state index >= 15 is 0 Å². The van der Waals surface area contributed by atoms with Gasteiger partial charge in [-0.25, -0.2) is 4.79 Å². The molecule has 1 aliphatic rings. The molecule has 0 spiro atoms. The molecule has 1 saturated heterocycles. The van der Waals surface area contributed by atoms with Gasteiger partial charge in [-0.2, -0.15) is 0 Å². The topological polar surface area (TPSA) is 186 Å². The number of hydrogen-bond donors (Lipinski definition) is 2. The number of H-pyrrole nitrogens is 1. The molecule has 15 heteroatoms. The van der Waals surface area contributed by atoms with Crippen LogP contribution in [0.4, 0.5) is 5.69 Å². The number of rotatable bonds is 7. The van der Waals surface area contributed by atoms with Crippen LogP contribution in [-0.2, 0) is 13.8 Å². The van der Waals surface area contributed by atoms with Crippen LogP contribution >= 0.6 is 7.82 Å². The molecule has 162 valence electrons.